The van der Waals surface area contributed by atoms with Crippen LogP contribution >= 0.6 is 11.6 Å². The maximum absolute atomic E-state index is 8.30. The summed E-state index contributed by atoms with van der Waals surface area (Å²) in [5, 5.41) is 1.14. The Morgan fingerprint density at radius 2 is 1.17 bits per heavy atom. The molecule has 0 aliphatic rings. The molecule has 0 bridgehead atoms. The second kappa shape index (κ2) is 7.74. The van der Waals surface area contributed by atoms with Crippen LogP contribution in [0.4, 0.5) is 0 Å². The summed E-state index contributed by atoms with van der Waals surface area (Å²) in [6.45, 7) is 1.61. The zero-order valence-electron chi connectivity index (χ0n) is 20.2. The maximum Gasteiger partial charge on any atom is 0.223 e. The third-order valence-corrected chi connectivity index (χ3v) is 5.16. The lowest BCUT2D eigenvalue weighted by Crippen LogP contribution is -1.91. The van der Waals surface area contributed by atoms with Crippen molar-refractivity contribution >= 4 is 22.5 Å². The Labute approximate surface area is 186 Å². The van der Waals surface area contributed by atoms with Crippen LogP contribution in [-0.2, 0) is 0 Å². The van der Waals surface area contributed by atoms with E-state index in [0.717, 1.165) is 33.3 Å². The Morgan fingerprint density at radius 1 is 0.633 bits per heavy atom. The molecule has 1 aromatic heterocycles. The topological polar surface area (TPSA) is 25.8 Å². The first-order valence-electron chi connectivity index (χ1n) is 11.6. The summed E-state index contributed by atoms with van der Waals surface area (Å²) < 4.78 is 32.8. The molecule has 0 radical (unpaired) electrons. The lowest BCUT2D eigenvalue weighted by molar-refractivity contribution is 1.22. The molecule has 3 heteroatoms. The summed E-state index contributed by atoms with van der Waals surface area (Å²) in [5.41, 5.74) is 5.81. The van der Waals surface area contributed by atoms with E-state index in [1.807, 2.05) is 72.8 Å². The molecule has 0 saturated heterocycles. The average molecular weight is 411 g/mol. The zero-order valence-corrected chi connectivity index (χ0v) is 17.0. The SMILES string of the molecule is [2H]c1c([2H])c(-c2ccc(-c3ccc(-c4nc(Cl)nc5ccccc45)cc3)cc2)c([2H])c([2H])c1C. The third kappa shape index (κ3) is 3.58. The van der Waals surface area contributed by atoms with Gasteiger partial charge in [0.05, 0.1) is 16.7 Å². The minimum Gasteiger partial charge on any atom is -0.218 e. The fourth-order valence-electron chi connectivity index (χ4n) is 3.44. The van der Waals surface area contributed by atoms with Crippen LogP contribution < -0.4 is 0 Å². The van der Waals surface area contributed by atoms with Crippen LogP contribution in [0, 0.1) is 6.92 Å². The van der Waals surface area contributed by atoms with Gasteiger partial charge in [0, 0.05) is 10.9 Å². The van der Waals surface area contributed by atoms with Crippen LogP contribution in [0.3, 0.4) is 0 Å². The van der Waals surface area contributed by atoms with Gasteiger partial charge < -0.3 is 0 Å². The zero-order chi connectivity index (χ0) is 24.0. The first-order valence-corrected chi connectivity index (χ1v) is 9.93. The summed E-state index contributed by atoms with van der Waals surface area (Å²) in [6.07, 6.45) is 0. The molecule has 4 aromatic carbocycles. The van der Waals surface area contributed by atoms with Gasteiger partial charge in [-0.05, 0) is 46.8 Å². The van der Waals surface area contributed by atoms with Crippen molar-refractivity contribution in [3.05, 3.63) is 108 Å². The molecule has 144 valence electrons. The van der Waals surface area contributed by atoms with Gasteiger partial charge in [-0.3, -0.25) is 0 Å². The molecular weight excluding hydrogens is 388 g/mol. The predicted molar refractivity (Wildman–Crippen MR) is 126 cm³/mol. The van der Waals surface area contributed by atoms with Gasteiger partial charge in [0.1, 0.15) is 0 Å². The van der Waals surface area contributed by atoms with E-state index in [2.05, 4.69) is 9.97 Å². The number of benzene rings is 4. The lowest BCUT2D eigenvalue weighted by atomic mass is 9.98. The molecule has 2 nitrogen and oxygen atoms in total. The number of aromatic nitrogens is 2. The first kappa shape index (κ1) is 14.5. The van der Waals surface area contributed by atoms with Crippen molar-refractivity contribution in [2.45, 2.75) is 6.92 Å². The highest BCUT2D eigenvalue weighted by atomic mass is 35.5. The van der Waals surface area contributed by atoms with Gasteiger partial charge in [0.25, 0.3) is 0 Å². The molecule has 0 amide bonds. The van der Waals surface area contributed by atoms with Crippen molar-refractivity contribution in [3.63, 3.8) is 0 Å². The predicted octanol–water partition coefficient (Wildman–Crippen LogP) is 7.59. The second-order valence-corrected chi connectivity index (χ2v) is 7.35. The van der Waals surface area contributed by atoms with Gasteiger partial charge in [-0.15, -0.1) is 0 Å². The van der Waals surface area contributed by atoms with Crippen LogP contribution in [-0.4, -0.2) is 9.97 Å². The molecule has 0 fully saturated rings. The van der Waals surface area contributed by atoms with Crippen molar-refractivity contribution in [3.8, 4) is 33.5 Å². The largest absolute Gasteiger partial charge is 0.223 e. The molecule has 30 heavy (non-hydrogen) atoms. The molecule has 0 N–H and O–H groups in total. The van der Waals surface area contributed by atoms with Crippen molar-refractivity contribution < 1.29 is 5.48 Å². The standard InChI is InChI=1S/C27H19ClN2/c1-18-6-8-19(9-7-18)20-10-12-21(13-11-20)22-14-16-23(17-15-22)26-24-4-2-3-5-25(24)29-27(28)30-26/h2-17H,1H3/i6D,7D,8D,9D. The maximum atomic E-state index is 8.30. The molecule has 0 spiro atoms. The summed E-state index contributed by atoms with van der Waals surface area (Å²) in [5.74, 6) is 0. The van der Waals surface area contributed by atoms with E-state index in [1.54, 1.807) is 6.92 Å². The molecule has 0 saturated carbocycles. The summed E-state index contributed by atoms with van der Waals surface area (Å²) in [6, 6.07) is 23.2. The van der Waals surface area contributed by atoms with Gasteiger partial charge in [0.15, 0.2) is 0 Å². The van der Waals surface area contributed by atoms with Gasteiger partial charge in [0.2, 0.25) is 5.28 Å². The van der Waals surface area contributed by atoms with Crippen molar-refractivity contribution in [2.75, 3.05) is 0 Å². The quantitative estimate of drug-likeness (QED) is 0.286. The molecule has 5 aromatic rings. The fourth-order valence-corrected chi connectivity index (χ4v) is 3.61. The Kier molecular flexibility index (Phi) is 3.74. The molecular formula is C27H19ClN2. The van der Waals surface area contributed by atoms with Crippen LogP contribution in [0.25, 0.3) is 44.4 Å². The number of halogens is 1. The van der Waals surface area contributed by atoms with Crippen LogP contribution in [0.5, 0.6) is 0 Å². The Balaban J connectivity index is 1.50. The highest BCUT2D eigenvalue weighted by Gasteiger charge is 2.09. The smallest absolute Gasteiger partial charge is 0.218 e. The van der Waals surface area contributed by atoms with E-state index < -0.39 is 0 Å². The number of rotatable bonds is 3. The minimum atomic E-state index is -0.0219. The van der Waals surface area contributed by atoms with Crippen LogP contribution in [0.15, 0.2) is 97.0 Å². The van der Waals surface area contributed by atoms with E-state index in [9.17, 15) is 0 Å². The summed E-state index contributed by atoms with van der Waals surface area (Å²) >= 11 is 6.14. The third-order valence-electron chi connectivity index (χ3n) is 4.99. The first-order chi connectivity index (χ1) is 16.3. The molecule has 5 rings (SSSR count). The van der Waals surface area contributed by atoms with Crippen molar-refractivity contribution in [2.24, 2.45) is 0 Å². The Bertz CT molecular complexity index is 1520. The van der Waals surface area contributed by atoms with E-state index >= 15 is 0 Å². The Morgan fingerprint density at radius 3 is 1.80 bits per heavy atom. The molecule has 0 aliphatic carbocycles. The minimum absolute atomic E-state index is 0.00647. The van der Waals surface area contributed by atoms with Crippen LogP contribution in [0.1, 0.15) is 11.0 Å². The van der Waals surface area contributed by atoms with E-state index in [1.165, 1.54) is 0 Å². The summed E-state index contributed by atoms with van der Waals surface area (Å²) in [4.78, 5) is 8.74. The summed E-state index contributed by atoms with van der Waals surface area (Å²) in [7, 11) is 0. The fraction of sp³-hybridized carbons (Fsp3) is 0.0370. The normalized spacial score (nSPS) is 12.9. The highest BCUT2D eigenvalue weighted by Crippen LogP contribution is 2.30. The highest BCUT2D eigenvalue weighted by molar-refractivity contribution is 6.28. The van der Waals surface area contributed by atoms with E-state index in [-0.39, 0.29) is 29.5 Å². The molecule has 0 unspecified atom stereocenters. The molecule has 0 aliphatic heterocycles. The van der Waals surface area contributed by atoms with Gasteiger partial charge in [-0.2, -0.15) is 0 Å². The van der Waals surface area contributed by atoms with Crippen LogP contribution in [0.2, 0.25) is 5.28 Å². The van der Waals surface area contributed by atoms with Crippen molar-refractivity contribution in [1.82, 2.24) is 9.97 Å². The molecule has 0 atom stereocenters. The number of fused-ring (bicyclic) bond motifs is 1. The van der Waals surface area contributed by atoms with Gasteiger partial charge in [-0.25, -0.2) is 9.97 Å². The lowest BCUT2D eigenvalue weighted by Gasteiger charge is -2.09. The number of hydrogen-bond donors (Lipinski definition) is 0. The van der Waals surface area contributed by atoms with Gasteiger partial charge in [-0.1, -0.05) is 96.5 Å². The number of hydrogen-bond acceptors (Lipinski definition) is 2. The number of nitrogens with zero attached hydrogens (tertiary/aromatic N) is 2. The average Bonchev–Trinajstić information content (AvgIpc) is 2.86. The van der Waals surface area contributed by atoms with Crippen molar-refractivity contribution in [1.29, 1.82) is 0 Å². The Hall–Kier alpha value is -3.49. The monoisotopic (exact) mass is 410 g/mol. The molecule has 1 heterocycles. The van der Waals surface area contributed by atoms with Gasteiger partial charge >= 0.3 is 0 Å². The van der Waals surface area contributed by atoms with E-state index in [4.69, 9.17) is 17.1 Å². The second-order valence-electron chi connectivity index (χ2n) is 7.01. The number of para-hydroxylation sites is 1. The van der Waals surface area contributed by atoms with E-state index in [0.29, 0.717) is 16.7 Å².